The summed E-state index contributed by atoms with van der Waals surface area (Å²) < 4.78 is 14.9. The van der Waals surface area contributed by atoms with Gasteiger partial charge in [0.1, 0.15) is 5.82 Å². The fourth-order valence-electron chi connectivity index (χ4n) is 6.40. The van der Waals surface area contributed by atoms with Crippen molar-refractivity contribution in [3.63, 3.8) is 0 Å². The molecule has 1 unspecified atom stereocenters. The summed E-state index contributed by atoms with van der Waals surface area (Å²) in [5, 5.41) is 2.36. The Balaban J connectivity index is 1.12. The van der Waals surface area contributed by atoms with Crippen LogP contribution in [0.3, 0.4) is 0 Å². The van der Waals surface area contributed by atoms with E-state index in [-0.39, 0.29) is 17.6 Å². The van der Waals surface area contributed by atoms with Crippen LogP contribution in [-0.4, -0.2) is 55.5 Å². The average molecular weight is 443 g/mol. The van der Waals surface area contributed by atoms with E-state index in [1.165, 1.54) is 44.8 Å². The van der Waals surface area contributed by atoms with Gasteiger partial charge in [-0.25, -0.2) is 4.39 Å². The number of benzene rings is 1. The highest BCUT2D eigenvalue weighted by Gasteiger charge is 2.44. The van der Waals surface area contributed by atoms with Crippen molar-refractivity contribution in [1.82, 2.24) is 10.2 Å². The van der Waals surface area contributed by atoms with Crippen LogP contribution in [0.1, 0.15) is 62.8 Å². The molecule has 0 radical (unpaired) electrons. The maximum atomic E-state index is 14.9. The molecule has 2 amide bonds. The number of carbonyl (C=O) groups is 2. The Morgan fingerprint density at radius 3 is 2.41 bits per heavy atom. The summed E-state index contributed by atoms with van der Waals surface area (Å²) in [6, 6.07) is 5.57. The molecular weight excluding hydrogens is 407 g/mol. The number of piperidine rings is 3. The minimum atomic E-state index is -0.443. The number of hydrogen-bond acceptors (Lipinski definition) is 5. The van der Waals surface area contributed by atoms with Crippen LogP contribution in [-0.2, 0) is 9.59 Å². The van der Waals surface area contributed by atoms with Gasteiger partial charge in [0.2, 0.25) is 11.8 Å². The second-order valence-electron chi connectivity index (χ2n) is 10.6. The van der Waals surface area contributed by atoms with E-state index in [4.69, 9.17) is 5.73 Å². The van der Waals surface area contributed by atoms with Crippen molar-refractivity contribution >= 4 is 17.5 Å². The van der Waals surface area contributed by atoms with Gasteiger partial charge in [-0.1, -0.05) is 6.07 Å². The van der Waals surface area contributed by atoms with Gasteiger partial charge in [0, 0.05) is 32.1 Å². The molecule has 1 spiro atoms. The van der Waals surface area contributed by atoms with Crippen molar-refractivity contribution in [2.75, 3.05) is 37.6 Å². The Bertz CT molecular complexity index is 867. The molecule has 174 valence electrons. The molecule has 32 heavy (non-hydrogen) atoms. The quantitative estimate of drug-likeness (QED) is 0.701. The first kappa shape index (κ1) is 21.8. The number of nitrogens with one attached hydrogen (secondary N) is 1. The molecule has 1 saturated carbocycles. The smallest absolute Gasteiger partial charge is 0.234 e. The lowest BCUT2D eigenvalue weighted by Crippen LogP contribution is -2.52. The number of rotatable bonds is 4. The number of halogens is 1. The molecule has 5 rings (SSSR count). The molecule has 1 aromatic rings. The number of hydrogen-bond donors (Lipinski definition) is 2. The van der Waals surface area contributed by atoms with Gasteiger partial charge in [0.05, 0.1) is 11.6 Å². The molecule has 4 aliphatic rings. The van der Waals surface area contributed by atoms with Crippen LogP contribution >= 0.6 is 0 Å². The summed E-state index contributed by atoms with van der Waals surface area (Å²) in [5.41, 5.74) is 7.85. The van der Waals surface area contributed by atoms with Crippen LogP contribution < -0.4 is 16.0 Å². The van der Waals surface area contributed by atoms with Gasteiger partial charge in [-0.2, -0.15) is 0 Å². The molecule has 0 aromatic heterocycles. The Morgan fingerprint density at radius 2 is 1.78 bits per heavy atom. The predicted octanol–water partition coefficient (Wildman–Crippen LogP) is 2.77. The van der Waals surface area contributed by atoms with Crippen LogP contribution in [0.15, 0.2) is 18.2 Å². The second-order valence-corrected chi connectivity index (χ2v) is 10.6. The molecular formula is C25H35FN4O2. The van der Waals surface area contributed by atoms with E-state index in [0.29, 0.717) is 41.5 Å². The summed E-state index contributed by atoms with van der Waals surface area (Å²) >= 11 is 0. The largest absolute Gasteiger partial charge is 0.369 e. The number of amides is 2. The van der Waals surface area contributed by atoms with Crippen LogP contribution in [0.25, 0.3) is 0 Å². The Labute approximate surface area is 189 Å². The van der Waals surface area contributed by atoms with Gasteiger partial charge in [0.15, 0.2) is 0 Å². The van der Waals surface area contributed by atoms with Crippen LogP contribution in [0.4, 0.5) is 10.1 Å². The Morgan fingerprint density at radius 1 is 1.06 bits per heavy atom. The topological polar surface area (TPSA) is 78.7 Å². The number of carbonyl (C=O) groups excluding carboxylic acids is 2. The van der Waals surface area contributed by atoms with E-state index < -0.39 is 5.92 Å². The number of nitrogens with zero attached hydrogens (tertiary/aromatic N) is 2. The van der Waals surface area contributed by atoms with Gasteiger partial charge in [-0.05, 0) is 87.1 Å². The summed E-state index contributed by atoms with van der Waals surface area (Å²) in [4.78, 5) is 28.2. The van der Waals surface area contributed by atoms with E-state index in [9.17, 15) is 14.0 Å². The first-order valence-corrected chi connectivity index (χ1v) is 12.3. The number of anilines is 1. The monoisotopic (exact) mass is 442 g/mol. The molecule has 3 heterocycles. The van der Waals surface area contributed by atoms with E-state index in [1.54, 1.807) is 0 Å². The fourth-order valence-corrected chi connectivity index (χ4v) is 6.40. The average Bonchev–Trinajstić information content (AvgIpc) is 2.75. The number of imide groups is 1. The summed E-state index contributed by atoms with van der Waals surface area (Å²) in [6.45, 7) is 5.29. The molecule has 3 aliphatic heterocycles. The fraction of sp³-hybridized carbons (Fsp3) is 0.680. The van der Waals surface area contributed by atoms with Crippen molar-refractivity contribution in [3.8, 4) is 0 Å². The Kier molecular flexibility index (Phi) is 5.97. The van der Waals surface area contributed by atoms with Crippen molar-refractivity contribution in [1.29, 1.82) is 0 Å². The normalized spacial score (nSPS) is 27.4. The zero-order chi connectivity index (χ0) is 22.3. The molecule has 1 aliphatic carbocycles. The third kappa shape index (κ3) is 4.42. The minimum absolute atomic E-state index is 0.248. The van der Waals surface area contributed by atoms with Crippen molar-refractivity contribution in [2.45, 2.75) is 63.3 Å². The molecule has 4 fully saturated rings. The summed E-state index contributed by atoms with van der Waals surface area (Å²) in [5.74, 6) is -0.609. The number of likely N-dealkylation sites (tertiary alicyclic amines) is 1. The molecule has 7 heteroatoms. The Hall–Kier alpha value is -1.99. The van der Waals surface area contributed by atoms with E-state index in [1.807, 2.05) is 12.1 Å². The zero-order valence-electron chi connectivity index (χ0n) is 18.8. The molecule has 1 aromatic carbocycles. The maximum Gasteiger partial charge on any atom is 0.234 e. The lowest BCUT2D eigenvalue weighted by atomic mass is 9.60. The summed E-state index contributed by atoms with van der Waals surface area (Å²) in [6.07, 6.45) is 7.94. The lowest BCUT2D eigenvalue weighted by Gasteiger charge is -2.51. The third-order valence-corrected chi connectivity index (χ3v) is 8.39. The summed E-state index contributed by atoms with van der Waals surface area (Å²) in [7, 11) is 0. The van der Waals surface area contributed by atoms with Crippen LogP contribution in [0, 0.1) is 17.2 Å². The van der Waals surface area contributed by atoms with Gasteiger partial charge < -0.3 is 15.5 Å². The SMILES string of the molecule is NC1CC2(CCN(CC3CCN(c4ccc(C5CCC(=O)NC5=O)cc4F)CC3)CC2)C1. The van der Waals surface area contributed by atoms with Crippen molar-refractivity contribution in [2.24, 2.45) is 17.1 Å². The number of nitrogens with two attached hydrogens (primary N) is 1. The molecule has 3 N–H and O–H groups in total. The first-order valence-electron chi connectivity index (χ1n) is 12.3. The third-order valence-electron chi connectivity index (χ3n) is 8.39. The van der Waals surface area contributed by atoms with Crippen molar-refractivity contribution < 1.29 is 14.0 Å². The van der Waals surface area contributed by atoms with Gasteiger partial charge in [-0.15, -0.1) is 0 Å². The zero-order valence-corrected chi connectivity index (χ0v) is 18.8. The lowest BCUT2D eigenvalue weighted by molar-refractivity contribution is -0.134. The molecule has 3 saturated heterocycles. The van der Waals surface area contributed by atoms with Crippen LogP contribution in [0.2, 0.25) is 0 Å². The van der Waals surface area contributed by atoms with Gasteiger partial charge in [-0.3, -0.25) is 14.9 Å². The van der Waals surface area contributed by atoms with Crippen LogP contribution in [0.5, 0.6) is 0 Å². The highest BCUT2D eigenvalue weighted by Crippen LogP contribution is 2.48. The first-order chi connectivity index (χ1) is 15.4. The highest BCUT2D eigenvalue weighted by molar-refractivity contribution is 6.00. The van der Waals surface area contributed by atoms with E-state index >= 15 is 0 Å². The highest BCUT2D eigenvalue weighted by atomic mass is 19.1. The standard InChI is InChI=1S/C25H35FN4O2/c26-21-13-18(20-2-4-23(31)28-24(20)32)1-3-22(21)30-9-5-17(6-10-30)16-29-11-7-25(8-12-29)14-19(27)15-25/h1,3,13,17,19-20H,2,4-12,14-16,27H2,(H,28,31,32). The minimum Gasteiger partial charge on any atom is -0.369 e. The van der Waals surface area contributed by atoms with E-state index in [2.05, 4.69) is 15.1 Å². The molecule has 6 nitrogen and oxygen atoms in total. The predicted molar refractivity (Wildman–Crippen MR) is 122 cm³/mol. The van der Waals surface area contributed by atoms with E-state index in [0.717, 1.165) is 32.5 Å². The van der Waals surface area contributed by atoms with Crippen molar-refractivity contribution in [3.05, 3.63) is 29.6 Å². The molecule has 0 bridgehead atoms. The molecule has 1 atom stereocenters. The second kappa shape index (κ2) is 8.75. The van der Waals surface area contributed by atoms with Gasteiger partial charge in [0.25, 0.3) is 0 Å². The maximum absolute atomic E-state index is 14.9. The van der Waals surface area contributed by atoms with Gasteiger partial charge >= 0.3 is 0 Å².